The molecule has 1 amide bonds. The zero-order chi connectivity index (χ0) is 19.3. The molecule has 0 heterocycles. The first kappa shape index (κ1) is 19.5. The summed E-state index contributed by atoms with van der Waals surface area (Å²) in [6.45, 7) is 1.30. The molecule has 0 aliphatic carbocycles. The SMILES string of the molecule is COc1ccc(C)cc1C(=O)OCC(=O)Nc1cccc(S(C)(=O)=O)c1. The molecule has 0 spiro atoms. The third kappa shape index (κ3) is 5.06. The van der Waals surface area contributed by atoms with E-state index in [1.54, 1.807) is 18.2 Å². The summed E-state index contributed by atoms with van der Waals surface area (Å²) in [5, 5.41) is 2.49. The van der Waals surface area contributed by atoms with Crippen molar-refractivity contribution in [2.24, 2.45) is 0 Å². The molecule has 2 rings (SSSR count). The van der Waals surface area contributed by atoms with E-state index >= 15 is 0 Å². The third-order valence-electron chi connectivity index (χ3n) is 3.46. The molecular weight excluding hydrogens is 358 g/mol. The average molecular weight is 377 g/mol. The quantitative estimate of drug-likeness (QED) is 0.775. The van der Waals surface area contributed by atoms with Crippen LogP contribution in [-0.4, -0.2) is 40.3 Å². The minimum absolute atomic E-state index is 0.0804. The molecule has 0 fully saturated rings. The Labute approximate surface area is 151 Å². The lowest BCUT2D eigenvalue weighted by Crippen LogP contribution is -2.21. The number of aryl methyl sites for hydroxylation is 1. The molecule has 26 heavy (non-hydrogen) atoms. The van der Waals surface area contributed by atoms with Gasteiger partial charge in [-0.15, -0.1) is 0 Å². The summed E-state index contributed by atoms with van der Waals surface area (Å²) < 4.78 is 33.2. The zero-order valence-corrected chi connectivity index (χ0v) is 15.4. The van der Waals surface area contributed by atoms with Crippen LogP contribution in [0.15, 0.2) is 47.4 Å². The Morgan fingerprint density at radius 3 is 2.50 bits per heavy atom. The second-order valence-electron chi connectivity index (χ2n) is 5.63. The number of hydrogen-bond acceptors (Lipinski definition) is 6. The number of carbonyl (C=O) groups excluding carboxylic acids is 2. The Bertz CT molecular complexity index is 936. The maximum Gasteiger partial charge on any atom is 0.342 e. The van der Waals surface area contributed by atoms with Crippen molar-refractivity contribution in [3.05, 3.63) is 53.6 Å². The Hall–Kier alpha value is -2.87. The number of hydrogen-bond donors (Lipinski definition) is 1. The molecule has 0 unspecified atom stereocenters. The Kier molecular flexibility index (Phi) is 5.99. The van der Waals surface area contributed by atoms with Crippen LogP contribution in [0.3, 0.4) is 0 Å². The molecule has 0 atom stereocenters. The first-order valence-electron chi connectivity index (χ1n) is 7.62. The largest absolute Gasteiger partial charge is 0.496 e. The van der Waals surface area contributed by atoms with Gasteiger partial charge in [0, 0.05) is 11.9 Å². The van der Waals surface area contributed by atoms with Gasteiger partial charge in [0.05, 0.1) is 12.0 Å². The highest BCUT2D eigenvalue weighted by Gasteiger charge is 2.16. The van der Waals surface area contributed by atoms with Crippen molar-refractivity contribution in [2.45, 2.75) is 11.8 Å². The molecule has 0 radical (unpaired) electrons. The van der Waals surface area contributed by atoms with E-state index in [0.717, 1.165) is 11.8 Å². The number of amides is 1. The Morgan fingerprint density at radius 1 is 1.12 bits per heavy atom. The average Bonchev–Trinajstić information content (AvgIpc) is 2.59. The van der Waals surface area contributed by atoms with Gasteiger partial charge in [0.1, 0.15) is 11.3 Å². The first-order valence-corrected chi connectivity index (χ1v) is 9.51. The molecule has 2 aromatic rings. The monoisotopic (exact) mass is 377 g/mol. The number of nitrogens with one attached hydrogen (secondary N) is 1. The molecule has 2 aromatic carbocycles. The molecule has 0 saturated carbocycles. The fraction of sp³-hybridized carbons (Fsp3) is 0.222. The lowest BCUT2D eigenvalue weighted by molar-refractivity contribution is -0.119. The van der Waals surface area contributed by atoms with E-state index in [2.05, 4.69) is 5.32 Å². The number of benzene rings is 2. The van der Waals surface area contributed by atoms with E-state index in [9.17, 15) is 18.0 Å². The third-order valence-corrected chi connectivity index (χ3v) is 4.57. The molecule has 7 nitrogen and oxygen atoms in total. The molecule has 0 bridgehead atoms. The van der Waals surface area contributed by atoms with Crippen LogP contribution < -0.4 is 10.1 Å². The fourth-order valence-corrected chi connectivity index (χ4v) is 2.86. The lowest BCUT2D eigenvalue weighted by Gasteiger charge is -2.10. The highest BCUT2D eigenvalue weighted by molar-refractivity contribution is 7.90. The molecule has 138 valence electrons. The van der Waals surface area contributed by atoms with Crippen LogP contribution in [0.2, 0.25) is 0 Å². The topological polar surface area (TPSA) is 98.8 Å². The highest BCUT2D eigenvalue weighted by atomic mass is 32.2. The Morgan fingerprint density at radius 2 is 1.85 bits per heavy atom. The maximum absolute atomic E-state index is 12.2. The number of rotatable bonds is 6. The second kappa shape index (κ2) is 8.01. The van der Waals surface area contributed by atoms with Crippen LogP contribution in [0.4, 0.5) is 5.69 Å². The van der Waals surface area contributed by atoms with Crippen LogP contribution in [0.5, 0.6) is 5.75 Å². The summed E-state index contributed by atoms with van der Waals surface area (Å²) in [7, 11) is -1.95. The van der Waals surface area contributed by atoms with Gasteiger partial charge in [-0.05, 0) is 37.3 Å². The predicted molar refractivity (Wildman–Crippen MR) is 96.2 cm³/mol. The number of ether oxygens (including phenoxy) is 2. The van der Waals surface area contributed by atoms with E-state index in [1.165, 1.54) is 31.4 Å². The van der Waals surface area contributed by atoms with Gasteiger partial charge in [0.15, 0.2) is 16.4 Å². The van der Waals surface area contributed by atoms with Gasteiger partial charge in [-0.2, -0.15) is 0 Å². The molecule has 0 aromatic heterocycles. The van der Waals surface area contributed by atoms with Crippen LogP contribution >= 0.6 is 0 Å². The molecule has 0 saturated heterocycles. The van der Waals surface area contributed by atoms with Crippen LogP contribution in [0.1, 0.15) is 15.9 Å². The smallest absolute Gasteiger partial charge is 0.342 e. The van der Waals surface area contributed by atoms with Crippen molar-refractivity contribution in [3.63, 3.8) is 0 Å². The molecular formula is C18H19NO6S. The van der Waals surface area contributed by atoms with Crippen molar-refractivity contribution >= 4 is 27.4 Å². The number of carbonyl (C=O) groups is 2. The van der Waals surface area contributed by atoms with Crippen LogP contribution in [0.25, 0.3) is 0 Å². The molecule has 0 aliphatic heterocycles. The molecule has 8 heteroatoms. The van der Waals surface area contributed by atoms with E-state index < -0.39 is 28.3 Å². The fourth-order valence-electron chi connectivity index (χ4n) is 2.19. The number of methoxy groups -OCH3 is 1. The van der Waals surface area contributed by atoms with E-state index in [4.69, 9.17) is 9.47 Å². The van der Waals surface area contributed by atoms with Gasteiger partial charge in [-0.25, -0.2) is 13.2 Å². The summed E-state index contributed by atoms with van der Waals surface area (Å²) >= 11 is 0. The van der Waals surface area contributed by atoms with E-state index in [-0.39, 0.29) is 10.5 Å². The Balaban J connectivity index is 2.01. The number of sulfone groups is 1. The number of anilines is 1. The maximum atomic E-state index is 12.2. The van der Waals surface area contributed by atoms with Crippen LogP contribution in [-0.2, 0) is 19.4 Å². The standard InChI is InChI=1S/C18H19NO6S/c1-12-7-8-16(24-2)15(9-12)18(21)25-11-17(20)19-13-5-4-6-14(10-13)26(3,22)23/h4-10H,11H2,1-3H3,(H,19,20). The van der Waals surface area contributed by atoms with Gasteiger partial charge >= 0.3 is 5.97 Å². The summed E-state index contributed by atoms with van der Waals surface area (Å²) in [5.74, 6) is -0.928. The van der Waals surface area contributed by atoms with Crippen molar-refractivity contribution in [3.8, 4) is 5.75 Å². The molecule has 0 aliphatic rings. The first-order chi connectivity index (χ1) is 12.2. The molecule has 1 N–H and O–H groups in total. The van der Waals surface area contributed by atoms with E-state index in [1.807, 2.05) is 6.92 Å². The van der Waals surface area contributed by atoms with Crippen molar-refractivity contribution < 1.29 is 27.5 Å². The van der Waals surface area contributed by atoms with Gasteiger partial charge in [0.2, 0.25) is 0 Å². The summed E-state index contributed by atoms with van der Waals surface area (Å²) in [6.07, 6.45) is 1.07. The van der Waals surface area contributed by atoms with Gasteiger partial charge in [0.25, 0.3) is 5.91 Å². The van der Waals surface area contributed by atoms with Gasteiger partial charge < -0.3 is 14.8 Å². The van der Waals surface area contributed by atoms with Crippen molar-refractivity contribution in [1.82, 2.24) is 0 Å². The minimum Gasteiger partial charge on any atom is -0.496 e. The number of esters is 1. The minimum atomic E-state index is -3.39. The van der Waals surface area contributed by atoms with Crippen molar-refractivity contribution in [1.29, 1.82) is 0 Å². The van der Waals surface area contributed by atoms with Gasteiger partial charge in [-0.3, -0.25) is 4.79 Å². The summed E-state index contributed by atoms with van der Waals surface area (Å²) in [4.78, 5) is 24.2. The van der Waals surface area contributed by atoms with E-state index in [0.29, 0.717) is 11.4 Å². The highest BCUT2D eigenvalue weighted by Crippen LogP contribution is 2.20. The van der Waals surface area contributed by atoms with Crippen LogP contribution in [0, 0.1) is 6.92 Å². The normalized spacial score (nSPS) is 10.9. The second-order valence-corrected chi connectivity index (χ2v) is 7.64. The van der Waals surface area contributed by atoms with Crippen molar-refractivity contribution in [2.75, 3.05) is 25.3 Å². The summed E-state index contributed by atoms with van der Waals surface area (Å²) in [6, 6.07) is 10.8. The lowest BCUT2D eigenvalue weighted by atomic mass is 10.1. The predicted octanol–water partition coefficient (Wildman–Crippen LogP) is 2.20. The zero-order valence-electron chi connectivity index (χ0n) is 14.6. The summed E-state index contributed by atoms with van der Waals surface area (Å²) in [5.41, 5.74) is 1.36. The van der Waals surface area contributed by atoms with Gasteiger partial charge in [-0.1, -0.05) is 17.7 Å².